The number of nitrogens with zero attached hydrogens (tertiary/aromatic N) is 4. The topological polar surface area (TPSA) is 81.4 Å². The molecule has 0 atom stereocenters. The number of para-hydroxylation sites is 2. The van der Waals surface area contributed by atoms with Gasteiger partial charge in [-0.05, 0) is 42.0 Å². The van der Waals surface area contributed by atoms with E-state index in [1.165, 1.54) is 0 Å². The van der Waals surface area contributed by atoms with Crippen LogP contribution in [0.5, 0.6) is 11.6 Å². The molecule has 5 aromatic rings. The van der Waals surface area contributed by atoms with E-state index in [4.69, 9.17) is 16.3 Å². The summed E-state index contributed by atoms with van der Waals surface area (Å²) in [6.07, 6.45) is 1.87. The Morgan fingerprint density at radius 1 is 1.03 bits per heavy atom. The molecule has 0 saturated carbocycles. The first-order chi connectivity index (χ1) is 15.2. The number of fused-ring (bicyclic) bond motifs is 3. The fourth-order valence-corrected chi connectivity index (χ4v) is 3.42. The van der Waals surface area contributed by atoms with Gasteiger partial charge >= 0.3 is 0 Å². The van der Waals surface area contributed by atoms with Crippen molar-refractivity contribution in [1.82, 2.24) is 19.6 Å². The summed E-state index contributed by atoms with van der Waals surface area (Å²) in [5.74, 6) is 0.723. The van der Waals surface area contributed by atoms with Crippen molar-refractivity contribution in [2.45, 2.75) is 6.42 Å². The van der Waals surface area contributed by atoms with Gasteiger partial charge in [0.1, 0.15) is 12.1 Å². The molecule has 3 aromatic carbocycles. The Balaban J connectivity index is 1.37. The normalized spacial score (nSPS) is 11.0. The van der Waals surface area contributed by atoms with Gasteiger partial charge in [0.2, 0.25) is 11.6 Å². The number of benzene rings is 3. The van der Waals surface area contributed by atoms with E-state index in [0.29, 0.717) is 28.0 Å². The summed E-state index contributed by atoms with van der Waals surface area (Å²) in [5, 5.41) is 11.6. The summed E-state index contributed by atoms with van der Waals surface area (Å²) in [6, 6.07) is 22.0. The van der Waals surface area contributed by atoms with Gasteiger partial charge in [0, 0.05) is 16.8 Å². The van der Waals surface area contributed by atoms with Crippen molar-refractivity contribution in [2.75, 3.05) is 5.32 Å². The van der Waals surface area contributed by atoms with E-state index >= 15 is 0 Å². The SMILES string of the molecule is O=C(Cc1ccc(Cl)cc1)Nc1cccc(Oc2nc3ccccc3n3cnnc23)c1. The molecule has 152 valence electrons. The molecule has 0 saturated heterocycles. The van der Waals surface area contributed by atoms with Crippen molar-refractivity contribution in [3.8, 4) is 11.6 Å². The number of rotatable bonds is 5. The second-order valence-electron chi connectivity index (χ2n) is 6.91. The lowest BCUT2D eigenvalue weighted by Gasteiger charge is -2.10. The van der Waals surface area contributed by atoms with Gasteiger partial charge in [0.05, 0.1) is 17.5 Å². The third-order valence-corrected chi connectivity index (χ3v) is 4.96. The zero-order valence-corrected chi connectivity index (χ0v) is 17.0. The Morgan fingerprint density at radius 3 is 2.74 bits per heavy atom. The van der Waals surface area contributed by atoms with Crippen LogP contribution in [0.2, 0.25) is 5.02 Å². The van der Waals surface area contributed by atoms with Crippen LogP contribution in [-0.2, 0) is 11.2 Å². The number of aromatic nitrogens is 4. The highest BCUT2D eigenvalue weighted by atomic mass is 35.5. The zero-order chi connectivity index (χ0) is 21.2. The first-order valence-electron chi connectivity index (χ1n) is 9.56. The molecule has 0 aliphatic carbocycles. The van der Waals surface area contributed by atoms with Crippen LogP contribution in [0.3, 0.4) is 0 Å². The van der Waals surface area contributed by atoms with E-state index in [1.807, 2.05) is 40.8 Å². The number of ether oxygens (including phenoxy) is 1. The summed E-state index contributed by atoms with van der Waals surface area (Å²) in [6.45, 7) is 0. The molecule has 0 unspecified atom stereocenters. The average molecular weight is 430 g/mol. The van der Waals surface area contributed by atoms with Crippen molar-refractivity contribution in [1.29, 1.82) is 0 Å². The fourth-order valence-electron chi connectivity index (χ4n) is 3.29. The number of nitrogens with one attached hydrogen (secondary N) is 1. The lowest BCUT2D eigenvalue weighted by atomic mass is 10.1. The Bertz CT molecular complexity index is 1400. The summed E-state index contributed by atoms with van der Waals surface area (Å²) in [4.78, 5) is 17.0. The van der Waals surface area contributed by atoms with Crippen LogP contribution in [0.25, 0.3) is 16.7 Å². The minimum absolute atomic E-state index is 0.136. The van der Waals surface area contributed by atoms with E-state index in [9.17, 15) is 4.79 Å². The number of carbonyl (C=O) groups excluding carboxylic acids is 1. The minimum Gasteiger partial charge on any atom is -0.436 e. The lowest BCUT2D eigenvalue weighted by Crippen LogP contribution is -2.14. The highest BCUT2D eigenvalue weighted by Crippen LogP contribution is 2.28. The van der Waals surface area contributed by atoms with Gasteiger partial charge in [-0.25, -0.2) is 4.98 Å². The Kier molecular flexibility index (Phi) is 4.93. The van der Waals surface area contributed by atoms with Crippen molar-refractivity contribution >= 4 is 39.9 Å². The van der Waals surface area contributed by atoms with Gasteiger partial charge in [-0.15, -0.1) is 10.2 Å². The number of hydrogen-bond donors (Lipinski definition) is 1. The predicted molar refractivity (Wildman–Crippen MR) is 119 cm³/mol. The molecule has 2 heterocycles. The largest absolute Gasteiger partial charge is 0.436 e. The molecule has 0 aliphatic rings. The van der Waals surface area contributed by atoms with E-state index in [-0.39, 0.29) is 12.3 Å². The van der Waals surface area contributed by atoms with E-state index in [1.54, 1.807) is 42.7 Å². The van der Waals surface area contributed by atoms with Crippen LogP contribution < -0.4 is 10.1 Å². The van der Waals surface area contributed by atoms with E-state index in [2.05, 4.69) is 20.5 Å². The lowest BCUT2D eigenvalue weighted by molar-refractivity contribution is -0.115. The number of carbonyl (C=O) groups is 1. The molecule has 0 aliphatic heterocycles. The van der Waals surface area contributed by atoms with Crippen molar-refractivity contribution in [2.24, 2.45) is 0 Å². The van der Waals surface area contributed by atoms with Crippen LogP contribution in [0, 0.1) is 0 Å². The molecule has 0 spiro atoms. The average Bonchev–Trinajstić information content (AvgIpc) is 3.26. The molecule has 8 heteroatoms. The predicted octanol–water partition coefficient (Wildman–Crippen LogP) is 4.90. The second kappa shape index (κ2) is 8.04. The quantitative estimate of drug-likeness (QED) is 0.429. The van der Waals surface area contributed by atoms with Crippen LogP contribution >= 0.6 is 11.6 Å². The summed E-state index contributed by atoms with van der Waals surface area (Å²) in [7, 11) is 0. The molecular formula is C23H16ClN5O2. The van der Waals surface area contributed by atoms with Gasteiger partial charge in [0.15, 0.2) is 0 Å². The van der Waals surface area contributed by atoms with Gasteiger partial charge in [-0.3, -0.25) is 9.20 Å². The maximum absolute atomic E-state index is 12.4. The fraction of sp³-hybridized carbons (Fsp3) is 0.0435. The van der Waals surface area contributed by atoms with Gasteiger partial charge in [0.25, 0.3) is 5.88 Å². The van der Waals surface area contributed by atoms with Gasteiger partial charge < -0.3 is 10.1 Å². The third kappa shape index (κ3) is 4.04. The Morgan fingerprint density at radius 2 is 1.87 bits per heavy atom. The third-order valence-electron chi connectivity index (χ3n) is 4.71. The second-order valence-corrected chi connectivity index (χ2v) is 7.35. The monoisotopic (exact) mass is 429 g/mol. The van der Waals surface area contributed by atoms with Crippen LogP contribution in [-0.4, -0.2) is 25.5 Å². The molecule has 2 aromatic heterocycles. The molecular weight excluding hydrogens is 414 g/mol. The van der Waals surface area contributed by atoms with Crippen LogP contribution in [0.15, 0.2) is 79.1 Å². The number of hydrogen-bond acceptors (Lipinski definition) is 5. The first-order valence-corrected chi connectivity index (χ1v) is 9.94. The van der Waals surface area contributed by atoms with E-state index < -0.39 is 0 Å². The van der Waals surface area contributed by atoms with E-state index in [0.717, 1.165) is 16.6 Å². The summed E-state index contributed by atoms with van der Waals surface area (Å²) in [5.41, 5.74) is 3.66. The Hall–Kier alpha value is -3.97. The maximum Gasteiger partial charge on any atom is 0.266 e. The molecule has 0 bridgehead atoms. The smallest absolute Gasteiger partial charge is 0.266 e. The van der Waals surface area contributed by atoms with Gasteiger partial charge in [-0.2, -0.15) is 0 Å². The Labute approximate surface area is 182 Å². The number of anilines is 1. The standard InChI is InChI=1S/C23H16ClN5O2/c24-16-10-8-15(9-11-16)12-21(30)26-17-4-3-5-18(13-17)31-23-22-28-25-14-29(22)20-7-2-1-6-19(20)27-23/h1-11,13-14H,12H2,(H,26,30). The highest BCUT2D eigenvalue weighted by molar-refractivity contribution is 6.30. The molecule has 1 amide bonds. The molecule has 7 nitrogen and oxygen atoms in total. The van der Waals surface area contributed by atoms with Crippen molar-refractivity contribution in [3.63, 3.8) is 0 Å². The molecule has 31 heavy (non-hydrogen) atoms. The zero-order valence-electron chi connectivity index (χ0n) is 16.2. The van der Waals surface area contributed by atoms with Crippen molar-refractivity contribution < 1.29 is 9.53 Å². The number of halogens is 1. The minimum atomic E-state index is -0.136. The first kappa shape index (κ1) is 19.0. The molecule has 5 rings (SSSR count). The highest BCUT2D eigenvalue weighted by Gasteiger charge is 2.13. The van der Waals surface area contributed by atoms with Crippen LogP contribution in [0.1, 0.15) is 5.56 Å². The summed E-state index contributed by atoms with van der Waals surface area (Å²) < 4.78 is 7.84. The van der Waals surface area contributed by atoms with Gasteiger partial charge in [-0.1, -0.05) is 41.9 Å². The molecule has 0 radical (unpaired) electrons. The summed E-state index contributed by atoms with van der Waals surface area (Å²) >= 11 is 5.89. The molecule has 0 fully saturated rings. The number of amides is 1. The molecule has 1 N–H and O–H groups in total. The van der Waals surface area contributed by atoms with Crippen molar-refractivity contribution in [3.05, 3.63) is 89.7 Å². The van der Waals surface area contributed by atoms with Crippen LogP contribution in [0.4, 0.5) is 5.69 Å². The maximum atomic E-state index is 12.4.